The number of hydrogen-bond acceptors (Lipinski definition) is 5. The lowest BCUT2D eigenvalue weighted by molar-refractivity contribution is -0.232. The first-order chi connectivity index (χ1) is 13.1. The van der Waals surface area contributed by atoms with E-state index in [1.165, 1.54) is 12.2 Å². The number of sulfonamides is 2. The summed E-state index contributed by atoms with van der Waals surface area (Å²) in [5.41, 5.74) is -11.2. The summed E-state index contributed by atoms with van der Waals surface area (Å²) in [4.78, 5) is 2.41. The van der Waals surface area contributed by atoms with Crippen LogP contribution in [-0.4, -0.2) is 67.5 Å². The number of likely N-dealkylation sites (N-methyl/N-ethyl adjacent to an activating group) is 1. The Balaban J connectivity index is 2.43. The standard InChI is InChI=1S/C14H14F6N3O4S2/c1-21-6-2-11(3-7-21)12-4-8-22(9-5-12)10-23(28(24,25)13(15,16)17)29(26,27)14(18,19)20/h2-6,8,10H,7,9H2,1H3/q+1. The molecule has 162 valence electrons. The van der Waals surface area contributed by atoms with Crippen molar-refractivity contribution in [1.82, 2.24) is 9.80 Å². The van der Waals surface area contributed by atoms with Gasteiger partial charge >= 0.3 is 31.1 Å². The highest BCUT2D eigenvalue weighted by atomic mass is 32.3. The normalized spacial score (nSPS) is 18.4. The molecule has 0 bridgehead atoms. The van der Waals surface area contributed by atoms with Crippen molar-refractivity contribution in [2.75, 3.05) is 20.1 Å². The van der Waals surface area contributed by atoms with Crippen LogP contribution in [0.1, 0.15) is 0 Å². The van der Waals surface area contributed by atoms with Gasteiger partial charge in [-0.3, -0.25) is 0 Å². The van der Waals surface area contributed by atoms with Gasteiger partial charge in [0, 0.05) is 13.6 Å². The van der Waals surface area contributed by atoms with Gasteiger partial charge in [0.05, 0.1) is 6.20 Å². The largest absolute Gasteiger partial charge is 0.538 e. The Kier molecular flexibility index (Phi) is 5.96. The Morgan fingerprint density at radius 2 is 1.31 bits per heavy atom. The molecular formula is C14H14F6N3O4S2+. The Bertz CT molecular complexity index is 988. The Morgan fingerprint density at radius 3 is 1.66 bits per heavy atom. The zero-order valence-corrected chi connectivity index (χ0v) is 16.1. The molecule has 0 atom stereocenters. The highest BCUT2D eigenvalue weighted by molar-refractivity contribution is 7.98. The molecule has 0 aromatic rings. The lowest BCUT2D eigenvalue weighted by atomic mass is 10.0. The van der Waals surface area contributed by atoms with Crippen LogP contribution >= 0.6 is 0 Å². The van der Waals surface area contributed by atoms with E-state index in [-0.39, 0.29) is 12.9 Å². The van der Waals surface area contributed by atoms with Gasteiger partial charge in [-0.25, -0.2) is 4.90 Å². The molecule has 0 N–H and O–H groups in total. The van der Waals surface area contributed by atoms with Gasteiger partial charge in [-0.1, -0.05) is 6.08 Å². The number of hydrogen-bond donors (Lipinski definition) is 0. The van der Waals surface area contributed by atoms with Crippen LogP contribution < -0.4 is 0 Å². The second-order valence-electron chi connectivity index (χ2n) is 5.83. The minimum absolute atomic E-state index is 0.270. The second-order valence-corrected chi connectivity index (χ2v) is 9.67. The Morgan fingerprint density at radius 1 is 0.862 bits per heavy atom. The van der Waals surface area contributed by atoms with E-state index in [0.29, 0.717) is 17.0 Å². The molecule has 0 unspecified atom stereocenters. The lowest BCUT2D eigenvalue weighted by Gasteiger charge is -2.20. The highest BCUT2D eigenvalue weighted by Crippen LogP contribution is 2.32. The van der Waals surface area contributed by atoms with E-state index < -0.39 is 34.4 Å². The molecule has 0 aliphatic carbocycles. The smallest absolute Gasteiger partial charge is 0.377 e. The molecule has 15 heteroatoms. The lowest BCUT2D eigenvalue weighted by Crippen LogP contribution is -2.45. The monoisotopic (exact) mass is 466 g/mol. The van der Waals surface area contributed by atoms with Crippen molar-refractivity contribution in [2.24, 2.45) is 0 Å². The molecule has 2 aliphatic rings. The van der Waals surface area contributed by atoms with E-state index in [1.54, 1.807) is 12.3 Å². The van der Waals surface area contributed by atoms with Gasteiger partial charge in [-0.2, -0.15) is 43.2 Å². The summed E-state index contributed by atoms with van der Waals surface area (Å²) >= 11 is 0. The fourth-order valence-corrected chi connectivity index (χ4v) is 4.62. The second kappa shape index (κ2) is 7.51. The Hall–Kier alpha value is -2.29. The van der Waals surface area contributed by atoms with Gasteiger partial charge < -0.3 is 4.90 Å². The third-order valence-corrected chi connectivity index (χ3v) is 7.19. The van der Waals surface area contributed by atoms with Crippen molar-refractivity contribution in [3.63, 3.8) is 0 Å². The first kappa shape index (κ1) is 23.0. The molecule has 0 aromatic carbocycles. The van der Waals surface area contributed by atoms with Gasteiger partial charge in [0.2, 0.25) is 0 Å². The third-order valence-electron chi connectivity index (χ3n) is 3.71. The van der Waals surface area contributed by atoms with Gasteiger partial charge in [0.15, 0.2) is 0 Å². The molecular weight excluding hydrogens is 452 g/mol. The van der Waals surface area contributed by atoms with Crippen molar-refractivity contribution < 1.29 is 46.6 Å². The van der Waals surface area contributed by atoms with Crippen LogP contribution in [0.5, 0.6) is 0 Å². The molecule has 0 spiro atoms. The van der Waals surface area contributed by atoms with E-state index in [9.17, 15) is 43.2 Å². The van der Waals surface area contributed by atoms with Crippen molar-refractivity contribution in [3.05, 3.63) is 47.9 Å². The molecule has 0 saturated heterocycles. The quantitative estimate of drug-likeness (QED) is 0.273. The van der Waals surface area contributed by atoms with Crippen LogP contribution in [0.15, 0.2) is 47.9 Å². The van der Waals surface area contributed by atoms with Gasteiger partial charge in [-0.15, -0.1) is 0 Å². The van der Waals surface area contributed by atoms with Gasteiger partial charge in [0.25, 0.3) is 6.34 Å². The van der Waals surface area contributed by atoms with E-state index >= 15 is 0 Å². The van der Waals surface area contributed by atoms with Crippen LogP contribution in [0.2, 0.25) is 0 Å². The summed E-state index contributed by atoms with van der Waals surface area (Å²) in [7, 11) is -11.9. The van der Waals surface area contributed by atoms with E-state index in [1.807, 2.05) is 18.0 Å². The summed E-state index contributed by atoms with van der Waals surface area (Å²) in [5.74, 6) is 0. The molecule has 7 nitrogen and oxygen atoms in total. The molecule has 2 heterocycles. The van der Waals surface area contributed by atoms with E-state index in [2.05, 4.69) is 0 Å². The molecule has 0 amide bonds. The predicted molar refractivity (Wildman–Crippen MR) is 90.1 cm³/mol. The third kappa shape index (κ3) is 4.66. The summed E-state index contributed by atoms with van der Waals surface area (Å²) in [6, 6.07) is 0. The number of alkyl halides is 6. The van der Waals surface area contributed by atoms with Crippen LogP contribution in [-0.2, 0) is 20.0 Å². The molecule has 2 rings (SSSR count). The van der Waals surface area contributed by atoms with Crippen LogP contribution in [0.25, 0.3) is 0 Å². The molecule has 0 radical (unpaired) electrons. The topological polar surface area (TPSA) is 77.8 Å². The Labute approximate surface area is 162 Å². The van der Waals surface area contributed by atoms with Crippen molar-refractivity contribution in [1.29, 1.82) is 0 Å². The fraction of sp³-hybridized carbons (Fsp3) is 0.357. The SMILES string of the molecule is CN1C=CC(C2=CCN(C=[N+](S(=O)(=O)C(F)(F)F)S(=O)(=O)C(F)(F)F)C=C2)=CC1. The molecule has 0 aromatic heterocycles. The maximum atomic E-state index is 12.7. The highest BCUT2D eigenvalue weighted by Gasteiger charge is 2.63. The summed E-state index contributed by atoms with van der Waals surface area (Å²) in [6.45, 7) is 0.193. The summed E-state index contributed by atoms with van der Waals surface area (Å²) in [6.07, 6.45) is 8.64. The van der Waals surface area contributed by atoms with Gasteiger partial charge in [-0.05, 0) is 39.0 Å². The number of halogens is 6. The van der Waals surface area contributed by atoms with Gasteiger partial charge in [0.1, 0.15) is 6.54 Å². The minimum atomic E-state index is -6.87. The fourth-order valence-electron chi connectivity index (χ4n) is 2.18. The van der Waals surface area contributed by atoms with Crippen LogP contribution in [0, 0.1) is 0 Å². The van der Waals surface area contributed by atoms with Crippen LogP contribution in [0.4, 0.5) is 26.3 Å². The molecule has 0 fully saturated rings. The number of rotatable bonds is 4. The van der Waals surface area contributed by atoms with Crippen molar-refractivity contribution in [2.45, 2.75) is 11.0 Å². The maximum absolute atomic E-state index is 12.7. The van der Waals surface area contributed by atoms with Crippen LogP contribution in [0.3, 0.4) is 0 Å². The average Bonchev–Trinajstić information content (AvgIpc) is 2.58. The molecule has 2 aliphatic heterocycles. The maximum Gasteiger partial charge on any atom is 0.538 e. The first-order valence-electron chi connectivity index (χ1n) is 7.57. The average molecular weight is 466 g/mol. The zero-order valence-electron chi connectivity index (χ0n) is 14.5. The number of allylic oxidation sites excluding steroid dienone is 4. The minimum Gasteiger partial charge on any atom is -0.377 e. The van der Waals surface area contributed by atoms with E-state index in [4.69, 9.17) is 0 Å². The molecule has 0 saturated carbocycles. The van der Waals surface area contributed by atoms with Crippen molar-refractivity contribution >= 4 is 26.4 Å². The predicted octanol–water partition coefficient (Wildman–Crippen LogP) is 1.87. The molecule has 29 heavy (non-hydrogen) atoms. The zero-order chi connectivity index (χ0) is 22.3. The van der Waals surface area contributed by atoms with E-state index in [0.717, 1.165) is 11.8 Å². The first-order valence-corrected chi connectivity index (χ1v) is 10.5. The summed E-state index contributed by atoms with van der Waals surface area (Å²) < 4.78 is 121. The van der Waals surface area contributed by atoms with Crippen molar-refractivity contribution in [3.8, 4) is 0 Å². The summed E-state index contributed by atoms with van der Waals surface area (Å²) in [5, 5.41) is 0. The number of nitrogens with zero attached hydrogens (tertiary/aromatic N) is 3.